The average molecular weight is 455 g/mol. The van der Waals surface area contributed by atoms with Crippen LogP contribution in [0.25, 0.3) is 0 Å². The Morgan fingerprint density at radius 3 is 2.15 bits per heavy atom. The standard InChI is InChI=1S/C30H46O3/c1-25(2)12-14-30-15-13-27(5)18(23(30)24(25)33-17-30)8-9-20-28(27,6)11-10-19-26(3,4)21(31)16-22(32)29(19,20)7/h18-20,23-24H,8-17H2,1-7H3. The summed E-state index contributed by atoms with van der Waals surface area (Å²) in [5.74, 6) is 2.41. The molecule has 33 heavy (non-hydrogen) atoms. The Balaban J connectivity index is 1.42. The van der Waals surface area contributed by atoms with Crippen molar-refractivity contribution in [2.45, 2.75) is 112 Å². The Morgan fingerprint density at radius 1 is 0.727 bits per heavy atom. The van der Waals surface area contributed by atoms with Crippen molar-refractivity contribution in [2.24, 2.45) is 56.2 Å². The van der Waals surface area contributed by atoms with E-state index in [0.29, 0.717) is 29.3 Å². The Hall–Kier alpha value is -0.700. The topological polar surface area (TPSA) is 43.4 Å². The summed E-state index contributed by atoms with van der Waals surface area (Å²) >= 11 is 0. The first-order valence-corrected chi connectivity index (χ1v) is 13.9. The maximum absolute atomic E-state index is 13.7. The van der Waals surface area contributed by atoms with Crippen LogP contribution >= 0.6 is 0 Å². The lowest BCUT2D eigenvalue weighted by Crippen LogP contribution is -2.69. The van der Waals surface area contributed by atoms with Crippen molar-refractivity contribution in [1.82, 2.24) is 0 Å². The maximum atomic E-state index is 13.7. The molecular weight excluding hydrogens is 408 g/mol. The highest BCUT2D eigenvalue weighted by Crippen LogP contribution is 2.77. The Morgan fingerprint density at radius 2 is 1.42 bits per heavy atom. The largest absolute Gasteiger partial charge is 0.377 e. The van der Waals surface area contributed by atoms with Crippen molar-refractivity contribution >= 4 is 11.6 Å². The van der Waals surface area contributed by atoms with Crippen molar-refractivity contribution in [3.05, 3.63) is 0 Å². The summed E-state index contributed by atoms with van der Waals surface area (Å²) in [6, 6.07) is 0. The highest BCUT2D eigenvalue weighted by molar-refractivity contribution is 6.07. The van der Waals surface area contributed by atoms with E-state index < -0.39 is 0 Å². The summed E-state index contributed by atoms with van der Waals surface area (Å²) < 4.78 is 6.66. The molecule has 0 aromatic rings. The van der Waals surface area contributed by atoms with Crippen LogP contribution in [0.15, 0.2) is 0 Å². The molecule has 0 amide bonds. The molecule has 9 unspecified atom stereocenters. The molecule has 5 saturated carbocycles. The van der Waals surface area contributed by atoms with E-state index >= 15 is 0 Å². The number of carbonyl (C=O) groups is 2. The summed E-state index contributed by atoms with van der Waals surface area (Å²) in [6.07, 6.45) is 10.4. The number of fused-ring (bicyclic) bond motifs is 5. The van der Waals surface area contributed by atoms with E-state index in [9.17, 15) is 9.59 Å². The minimum atomic E-state index is -0.376. The van der Waals surface area contributed by atoms with Gasteiger partial charge in [-0.2, -0.15) is 0 Å². The van der Waals surface area contributed by atoms with Gasteiger partial charge in [-0.3, -0.25) is 9.59 Å². The van der Waals surface area contributed by atoms with Crippen LogP contribution in [0.3, 0.4) is 0 Å². The lowest BCUT2D eigenvalue weighted by Gasteiger charge is -2.72. The van der Waals surface area contributed by atoms with Gasteiger partial charge in [-0.15, -0.1) is 0 Å². The third-order valence-electron chi connectivity index (χ3n) is 13.8. The fraction of sp³-hybridized carbons (Fsp3) is 0.933. The van der Waals surface area contributed by atoms with Gasteiger partial charge in [0.2, 0.25) is 0 Å². The van der Waals surface area contributed by atoms with Crippen LogP contribution in [-0.4, -0.2) is 24.3 Å². The predicted octanol–water partition coefficient (Wildman–Crippen LogP) is 6.62. The van der Waals surface area contributed by atoms with Gasteiger partial charge in [-0.05, 0) is 96.7 Å². The normalized spacial score (nSPS) is 56.4. The molecule has 6 aliphatic rings. The third kappa shape index (κ3) is 2.42. The molecule has 0 aromatic carbocycles. The van der Waals surface area contributed by atoms with Crippen LogP contribution in [-0.2, 0) is 14.3 Å². The summed E-state index contributed by atoms with van der Waals surface area (Å²) in [5.41, 5.74) is 0.366. The van der Waals surface area contributed by atoms with Gasteiger partial charge in [0.25, 0.3) is 0 Å². The van der Waals surface area contributed by atoms with Gasteiger partial charge in [0.05, 0.1) is 19.1 Å². The first-order valence-electron chi connectivity index (χ1n) is 13.9. The smallest absolute Gasteiger partial charge is 0.146 e. The molecule has 0 N–H and O–H groups in total. The van der Waals surface area contributed by atoms with Gasteiger partial charge >= 0.3 is 0 Å². The van der Waals surface area contributed by atoms with Crippen molar-refractivity contribution in [3.8, 4) is 0 Å². The molecule has 0 spiro atoms. The maximum Gasteiger partial charge on any atom is 0.146 e. The Labute approximate surface area is 201 Å². The van der Waals surface area contributed by atoms with Crippen LogP contribution in [0.2, 0.25) is 0 Å². The summed E-state index contributed by atoms with van der Waals surface area (Å²) in [4.78, 5) is 26.6. The lowest BCUT2D eigenvalue weighted by atomic mass is 9.31. The molecule has 2 bridgehead atoms. The highest BCUT2D eigenvalue weighted by Gasteiger charge is 2.74. The molecule has 3 heteroatoms. The van der Waals surface area contributed by atoms with E-state index in [1.165, 1.54) is 38.5 Å². The van der Waals surface area contributed by atoms with Crippen molar-refractivity contribution in [1.29, 1.82) is 0 Å². The third-order valence-corrected chi connectivity index (χ3v) is 13.8. The molecular formula is C30H46O3. The number of hydrogen-bond acceptors (Lipinski definition) is 3. The van der Waals surface area contributed by atoms with E-state index in [2.05, 4.69) is 48.5 Å². The predicted molar refractivity (Wildman–Crippen MR) is 130 cm³/mol. The van der Waals surface area contributed by atoms with Crippen LogP contribution in [0.4, 0.5) is 0 Å². The summed E-state index contributed by atoms with van der Waals surface area (Å²) in [6.45, 7) is 17.6. The van der Waals surface area contributed by atoms with Crippen molar-refractivity contribution < 1.29 is 14.3 Å². The second kappa shape index (κ2) is 6.34. The SMILES string of the molecule is CC1(C)CCC23CCC4(C)C(CCC5C6(C)C(=O)CC(=O)C(C)(C)C6CCC54C)C2C1OC3. The molecule has 5 aliphatic carbocycles. The second-order valence-electron chi connectivity index (χ2n) is 15.3. The quantitative estimate of drug-likeness (QED) is 0.386. The van der Waals surface area contributed by atoms with E-state index in [4.69, 9.17) is 4.74 Å². The minimum Gasteiger partial charge on any atom is -0.377 e. The second-order valence-corrected chi connectivity index (χ2v) is 15.3. The molecule has 9 atom stereocenters. The lowest BCUT2D eigenvalue weighted by molar-refractivity contribution is -0.234. The molecule has 0 radical (unpaired) electrons. The summed E-state index contributed by atoms with van der Waals surface area (Å²) in [7, 11) is 0. The van der Waals surface area contributed by atoms with E-state index in [0.717, 1.165) is 19.4 Å². The first kappa shape index (κ1) is 22.7. The Bertz CT molecular complexity index is 918. The molecule has 6 rings (SSSR count). The highest BCUT2D eigenvalue weighted by atomic mass is 16.5. The molecule has 1 aliphatic heterocycles. The Kier molecular flexibility index (Phi) is 4.37. The zero-order chi connectivity index (χ0) is 23.8. The van der Waals surface area contributed by atoms with Gasteiger partial charge in [0, 0.05) is 10.8 Å². The van der Waals surface area contributed by atoms with Crippen LogP contribution in [0.1, 0.15) is 106 Å². The van der Waals surface area contributed by atoms with Gasteiger partial charge in [-0.25, -0.2) is 0 Å². The van der Waals surface area contributed by atoms with Gasteiger partial charge in [0.1, 0.15) is 11.6 Å². The van der Waals surface area contributed by atoms with E-state index in [1.807, 2.05) is 0 Å². The summed E-state index contributed by atoms with van der Waals surface area (Å²) in [5, 5.41) is 0. The zero-order valence-corrected chi connectivity index (χ0v) is 22.2. The van der Waals surface area contributed by atoms with Gasteiger partial charge in [-0.1, -0.05) is 48.5 Å². The fourth-order valence-corrected chi connectivity index (χ4v) is 11.5. The molecule has 184 valence electrons. The monoisotopic (exact) mass is 454 g/mol. The molecule has 1 heterocycles. The van der Waals surface area contributed by atoms with Gasteiger partial charge < -0.3 is 4.74 Å². The van der Waals surface area contributed by atoms with Crippen molar-refractivity contribution in [2.75, 3.05) is 6.61 Å². The number of Topliss-reactive ketones (excluding diaryl/α,β-unsaturated/α-hetero) is 2. The number of ketones is 2. The number of ether oxygens (including phenoxy) is 1. The molecule has 1 saturated heterocycles. The van der Waals surface area contributed by atoms with Crippen LogP contribution in [0.5, 0.6) is 0 Å². The zero-order valence-electron chi connectivity index (χ0n) is 22.2. The minimum absolute atomic E-state index is 0.155. The number of hydrogen-bond donors (Lipinski definition) is 0. The molecule has 0 aromatic heterocycles. The average Bonchev–Trinajstić information content (AvgIpc) is 3.07. The van der Waals surface area contributed by atoms with E-state index in [1.54, 1.807) is 0 Å². The first-order chi connectivity index (χ1) is 15.2. The number of carbonyl (C=O) groups excluding carboxylic acids is 2. The molecule has 6 fully saturated rings. The van der Waals surface area contributed by atoms with Crippen molar-refractivity contribution in [3.63, 3.8) is 0 Å². The number of rotatable bonds is 0. The van der Waals surface area contributed by atoms with Crippen LogP contribution < -0.4 is 0 Å². The fourth-order valence-electron chi connectivity index (χ4n) is 11.5. The van der Waals surface area contributed by atoms with Crippen LogP contribution in [0, 0.1) is 56.2 Å². The molecule has 3 nitrogen and oxygen atoms in total. The van der Waals surface area contributed by atoms with Gasteiger partial charge in [0.15, 0.2) is 0 Å². The van der Waals surface area contributed by atoms with E-state index in [-0.39, 0.29) is 51.0 Å².